The fourth-order valence-corrected chi connectivity index (χ4v) is 4.22. The van der Waals surface area contributed by atoms with Crippen molar-refractivity contribution in [1.29, 1.82) is 0 Å². The summed E-state index contributed by atoms with van der Waals surface area (Å²) in [6.07, 6.45) is 5.41. The molecule has 0 bridgehead atoms. The number of carbonyl (C=O) groups excluding carboxylic acids is 1. The van der Waals surface area contributed by atoms with Crippen LogP contribution in [0.15, 0.2) is 90.3 Å². The molecule has 0 atom stereocenters. The number of aromatic nitrogens is 4. The van der Waals surface area contributed by atoms with E-state index in [9.17, 15) is 4.79 Å². The zero-order chi connectivity index (χ0) is 22.0. The van der Waals surface area contributed by atoms with Crippen molar-refractivity contribution in [3.63, 3.8) is 0 Å². The lowest BCUT2D eigenvalue weighted by Gasteiger charge is -2.10. The largest absolute Gasteiger partial charge is 0.352 e. The quantitative estimate of drug-likeness (QED) is 0.290. The number of carbonyl (C=O) groups is 1. The van der Waals surface area contributed by atoms with Crippen LogP contribution < -0.4 is 5.32 Å². The molecule has 1 N–H and O–H groups in total. The summed E-state index contributed by atoms with van der Waals surface area (Å²) < 4.78 is 2.11. The number of nitrogens with zero attached hydrogens (tertiary/aromatic N) is 4. The maximum atomic E-state index is 12.2. The van der Waals surface area contributed by atoms with Crippen molar-refractivity contribution in [2.45, 2.75) is 31.0 Å². The van der Waals surface area contributed by atoms with Gasteiger partial charge in [0.2, 0.25) is 5.91 Å². The number of benzene rings is 2. The number of rotatable bonds is 10. The first kappa shape index (κ1) is 21.8. The maximum Gasteiger partial charge on any atom is 0.220 e. The molecule has 1 amide bonds. The van der Waals surface area contributed by atoms with E-state index >= 15 is 0 Å². The highest BCUT2D eigenvalue weighted by Crippen LogP contribution is 2.24. The summed E-state index contributed by atoms with van der Waals surface area (Å²) in [4.78, 5) is 16.1. The minimum atomic E-state index is 0.0525. The second kappa shape index (κ2) is 11.2. The molecule has 2 aromatic heterocycles. The van der Waals surface area contributed by atoms with E-state index in [0.29, 0.717) is 19.4 Å². The van der Waals surface area contributed by atoms with E-state index < -0.39 is 0 Å². The highest BCUT2D eigenvalue weighted by atomic mass is 32.2. The highest BCUT2D eigenvalue weighted by Gasteiger charge is 2.15. The summed E-state index contributed by atoms with van der Waals surface area (Å²) in [5, 5.41) is 12.7. The normalized spacial score (nSPS) is 10.8. The molecule has 0 radical (unpaired) electrons. The molecular formula is C25H25N5OS. The van der Waals surface area contributed by atoms with E-state index in [0.717, 1.165) is 34.4 Å². The van der Waals surface area contributed by atoms with Gasteiger partial charge in [-0.05, 0) is 41.8 Å². The molecule has 0 aliphatic rings. The van der Waals surface area contributed by atoms with Crippen molar-refractivity contribution >= 4 is 17.7 Å². The summed E-state index contributed by atoms with van der Waals surface area (Å²) in [6, 6.07) is 24.3. The van der Waals surface area contributed by atoms with Gasteiger partial charge in [0.1, 0.15) is 5.82 Å². The average Bonchev–Trinajstić information content (AvgIpc) is 3.24. The van der Waals surface area contributed by atoms with E-state index in [1.807, 2.05) is 48.5 Å². The fourth-order valence-electron chi connectivity index (χ4n) is 3.31. The van der Waals surface area contributed by atoms with Gasteiger partial charge in [-0.25, -0.2) is 0 Å². The van der Waals surface area contributed by atoms with Gasteiger partial charge >= 0.3 is 0 Å². The Morgan fingerprint density at radius 1 is 0.875 bits per heavy atom. The molecule has 4 rings (SSSR count). The lowest BCUT2D eigenvalue weighted by Crippen LogP contribution is -2.22. The molecule has 4 aromatic rings. The summed E-state index contributed by atoms with van der Waals surface area (Å²) in [7, 11) is 0. The van der Waals surface area contributed by atoms with E-state index in [1.165, 1.54) is 5.56 Å². The SMILES string of the molecule is O=C(CCCSc1nnc(Cc2ccccc2)n1-c1ccccc1)NCc1ccncc1. The van der Waals surface area contributed by atoms with Crippen LogP contribution in [0.2, 0.25) is 0 Å². The predicted molar refractivity (Wildman–Crippen MR) is 127 cm³/mol. The van der Waals surface area contributed by atoms with E-state index in [4.69, 9.17) is 0 Å². The third-order valence-electron chi connectivity index (χ3n) is 4.94. The Morgan fingerprint density at radius 3 is 2.34 bits per heavy atom. The van der Waals surface area contributed by atoms with Crippen LogP contribution in [0.1, 0.15) is 29.8 Å². The molecule has 7 heteroatoms. The van der Waals surface area contributed by atoms with Crippen LogP contribution in [0.4, 0.5) is 0 Å². The molecule has 32 heavy (non-hydrogen) atoms. The average molecular weight is 444 g/mol. The molecule has 0 saturated heterocycles. The van der Waals surface area contributed by atoms with Gasteiger partial charge in [0.05, 0.1) is 0 Å². The number of para-hydroxylation sites is 1. The van der Waals surface area contributed by atoms with Crippen molar-refractivity contribution in [2.75, 3.05) is 5.75 Å². The van der Waals surface area contributed by atoms with Gasteiger partial charge in [-0.2, -0.15) is 0 Å². The van der Waals surface area contributed by atoms with Crippen molar-refractivity contribution in [3.05, 3.63) is 102 Å². The number of amides is 1. The maximum absolute atomic E-state index is 12.2. The van der Waals surface area contributed by atoms with Crippen LogP contribution in [0.25, 0.3) is 5.69 Å². The summed E-state index contributed by atoms with van der Waals surface area (Å²) >= 11 is 1.63. The predicted octanol–water partition coefficient (Wildman–Crippen LogP) is 4.44. The first-order valence-corrected chi connectivity index (χ1v) is 11.6. The van der Waals surface area contributed by atoms with Crippen molar-refractivity contribution in [3.8, 4) is 5.69 Å². The van der Waals surface area contributed by atoms with Gasteiger partial charge in [0, 0.05) is 43.2 Å². The standard InChI is InChI=1S/C25H25N5OS/c31-24(27-19-21-13-15-26-16-14-21)12-7-17-32-25-29-28-23(18-20-8-3-1-4-9-20)30(25)22-10-5-2-6-11-22/h1-6,8-11,13-16H,7,12,17-19H2,(H,27,31). The molecule has 0 spiro atoms. The minimum absolute atomic E-state index is 0.0525. The Bertz CT molecular complexity index is 1120. The monoisotopic (exact) mass is 443 g/mol. The molecule has 0 saturated carbocycles. The van der Waals surface area contributed by atoms with Crippen LogP contribution >= 0.6 is 11.8 Å². The first-order chi connectivity index (χ1) is 15.8. The zero-order valence-corrected chi connectivity index (χ0v) is 18.5. The molecule has 0 aliphatic heterocycles. The molecule has 0 fully saturated rings. The van der Waals surface area contributed by atoms with Gasteiger partial charge in [0.25, 0.3) is 0 Å². The molecule has 162 valence electrons. The second-order valence-corrected chi connectivity index (χ2v) is 8.38. The molecular weight excluding hydrogens is 418 g/mol. The summed E-state index contributed by atoms with van der Waals surface area (Å²) in [6.45, 7) is 0.527. The van der Waals surface area contributed by atoms with Crippen molar-refractivity contribution < 1.29 is 4.79 Å². The van der Waals surface area contributed by atoms with Crippen LogP contribution in [0, 0.1) is 0 Å². The minimum Gasteiger partial charge on any atom is -0.352 e. The van der Waals surface area contributed by atoms with Gasteiger partial charge in [-0.1, -0.05) is 60.3 Å². The molecule has 6 nitrogen and oxygen atoms in total. The van der Waals surface area contributed by atoms with Crippen LogP contribution in [-0.4, -0.2) is 31.4 Å². The smallest absolute Gasteiger partial charge is 0.220 e. The highest BCUT2D eigenvalue weighted by molar-refractivity contribution is 7.99. The number of nitrogens with one attached hydrogen (secondary N) is 1. The van der Waals surface area contributed by atoms with Crippen LogP contribution in [-0.2, 0) is 17.8 Å². The van der Waals surface area contributed by atoms with Crippen molar-refractivity contribution in [1.82, 2.24) is 25.1 Å². The zero-order valence-electron chi connectivity index (χ0n) is 17.7. The number of hydrogen-bond acceptors (Lipinski definition) is 5. The first-order valence-electron chi connectivity index (χ1n) is 10.6. The lowest BCUT2D eigenvalue weighted by molar-refractivity contribution is -0.121. The Labute approximate surface area is 192 Å². The van der Waals surface area contributed by atoms with Crippen molar-refractivity contribution in [2.24, 2.45) is 0 Å². The summed E-state index contributed by atoms with van der Waals surface area (Å²) in [5.74, 6) is 1.75. The fraction of sp³-hybridized carbons (Fsp3) is 0.200. The van der Waals surface area contributed by atoms with E-state index in [1.54, 1.807) is 24.2 Å². The molecule has 2 aromatic carbocycles. The second-order valence-electron chi connectivity index (χ2n) is 7.32. The van der Waals surface area contributed by atoms with E-state index in [-0.39, 0.29) is 5.91 Å². The number of hydrogen-bond donors (Lipinski definition) is 1. The van der Waals surface area contributed by atoms with E-state index in [2.05, 4.69) is 49.3 Å². The number of pyridine rings is 1. The molecule has 0 unspecified atom stereocenters. The third-order valence-corrected chi connectivity index (χ3v) is 5.95. The molecule has 0 aliphatic carbocycles. The van der Waals surface area contributed by atoms with Gasteiger partial charge in [-0.15, -0.1) is 10.2 Å². The Kier molecular flexibility index (Phi) is 7.65. The van der Waals surface area contributed by atoms with Gasteiger partial charge < -0.3 is 5.32 Å². The molecule has 2 heterocycles. The van der Waals surface area contributed by atoms with Crippen LogP contribution in [0.5, 0.6) is 0 Å². The Morgan fingerprint density at radius 2 is 1.59 bits per heavy atom. The number of thioether (sulfide) groups is 1. The Balaban J connectivity index is 1.35. The summed E-state index contributed by atoms with van der Waals surface area (Å²) in [5.41, 5.74) is 3.28. The van der Waals surface area contributed by atoms with Gasteiger partial charge in [-0.3, -0.25) is 14.3 Å². The lowest BCUT2D eigenvalue weighted by atomic mass is 10.1. The topological polar surface area (TPSA) is 72.7 Å². The van der Waals surface area contributed by atoms with Crippen LogP contribution in [0.3, 0.4) is 0 Å². The van der Waals surface area contributed by atoms with Gasteiger partial charge in [0.15, 0.2) is 5.16 Å². The Hall–Kier alpha value is -3.45. The third kappa shape index (κ3) is 6.04.